The number of carbonyl (C=O) groups is 2. The molecule has 0 bridgehead atoms. The lowest BCUT2D eigenvalue weighted by atomic mass is 10.2. The van der Waals surface area contributed by atoms with Gasteiger partial charge in [-0.15, -0.1) is 11.3 Å². The van der Waals surface area contributed by atoms with Gasteiger partial charge in [-0.05, 0) is 44.1 Å². The molecular formula is C20H25N3O2S. The minimum absolute atomic E-state index is 0.111. The van der Waals surface area contributed by atoms with Gasteiger partial charge in [-0.2, -0.15) is 0 Å². The molecule has 0 aliphatic carbocycles. The molecule has 0 fully saturated rings. The van der Waals surface area contributed by atoms with Crippen molar-refractivity contribution in [3.63, 3.8) is 0 Å². The van der Waals surface area contributed by atoms with Gasteiger partial charge in [0.25, 0.3) is 0 Å². The molecule has 138 valence electrons. The fourth-order valence-corrected chi connectivity index (χ4v) is 3.35. The highest BCUT2D eigenvalue weighted by molar-refractivity contribution is 7.10. The van der Waals surface area contributed by atoms with Crippen molar-refractivity contribution in [3.8, 4) is 0 Å². The van der Waals surface area contributed by atoms with Crippen LogP contribution in [0.2, 0.25) is 0 Å². The first-order chi connectivity index (χ1) is 12.5. The van der Waals surface area contributed by atoms with Crippen LogP contribution in [0.5, 0.6) is 0 Å². The van der Waals surface area contributed by atoms with Crippen LogP contribution >= 0.6 is 11.3 Å². The molecule has 0 saturated heterocycles. The standard InChI is InChI=1S/C20H25N3O2S/c1-15(22-19(24)12-11-16-8-5-4-6-9-16)20(25)21-14-17(23(2)3)18-10-7-13-26-18/h4-13,15,17H,14H2,1-3H3,(H,21,25)(H,22,24)/b12-11+. The van der Waals surface area contributed by atoms with Gasteiger partial charge in [0.1, 0.15) is 6.04 Å². The van der Waals surface area contributed by atoms with Crippen molar-refractivity contribution in [2.24, 2.45) is 0 Å². The van der Waals surface area contributed by atoms with E-state index in [-0.39, 0.29) is 17.9 Å². The second kappa shape index (κ2) is 9.89. The van der Waals surface area contributed by atoms with E-state index in [4.69, 9.17) is 0 Å². The van der Waals surface area contributed by atoms with Crippen molar-refractivity contribution >= 4 is 29.2 Å². The largest absolute Gasteiger partial charge is 0.352 e. The van der Waals surface area contributed by atoms with Gasteiger partial charge in [0.15, 0.2) is 0 Å². The number of amides is 2. The number of benzene rings is 1. The van der Waals surface area contributed by atoms with Crippen LogP contribution in [0.3, 0.4) is 0 Å². The number of hydrogen-bond acceptors (Lipinski definition) is 4. The van der Waals surface area contributed by atoms with Crippen LogP contribution in [0.15, 0.2) is 53.9 Å². The highest BCUT2D eigenvalue weighted by Gasteiger charge is 2.19. The first-order valence-electron chi connectivity index (χ1n) is 8.48. The Balaban J connectivity index is 1.83. The number of nitrogens with one attached hydrogen (secondary N) is 2. The van der Waals surface area contributed by atoms with Gasteiger partial charge in [-0.25, -0.2) is 0 Å². The van der Waals surface area contributed by atoms with Gasteiger partial charge in [0.2, 0.25) is 11.8 Å². The maximum atomic E-state index is 12.3. The summed E-state index contributed by atoms with van der Waals surface area (Å²) in [6, 6.07) is 13.1. The first-order valence-corrected chi connectivity index (χ1v) is 9.36. The summed E-state index contributed by atoms with van der Waals surface area (Å²) in [5.41, 5.74) is 0.935. The summed E-state index contributed by atoms with van der Waals surface area (Å²) >= 11 is 1.66. The Kier molecular flexibility index (Phi) is 7.56. The first kappa shape index (κ1) is 19.9. The van der Waals surface area contributed by atoms with Crippen molar-refractivity contribution in [2.45, 2.75) is 19.0 Å². The Bertz CT molecular complexity index is 727. The summed E-state index contributed by atoms with van der Waals surface area (Å²) in [7, 11) is 3.96. The maximum absolute atomic E-state index is 12.3. The smallest absolute Gasteiger partial charge is 0.244 e. The Morgan fingerprint density at radius 1 is 1.15 bits per heavy atom. The second-order valence-corrected chi connectivity index (χ2v) is 7.19. The van der Waals surface area contributed by atoms with E-state index in [0.29, 0.717) is 6.54 Å². The summed E-state index contributed by atoms with van der Waals surface area (Å²) < 4.78 is 0. The molecule has 2 rings (SSSR count). The minimum Gasteiger partial charge on any atom is -0.352 e. The molecule has 0 saturated carbocycles. The summed E-state index contributed by atoms with van der Waals surface area (Å²) in [5, 5.41) is 7.63. The van der Waals surface area contributed by atoms with Gasteiger partial charge in [-0.3, -0.25) is 9.59 Å². The van der Waals surface area contributed by atoms with E-state index in [9.17, 15) is 9.59 Å². The van der Waals surface area contributed by atoms with E-state index in [2.05, 4.69) is 21.6 Å². The van der Waals surface area contributed by atoms with Crippen molar-refractivity contribution in [3.05, 3.63) is 64.4 Å². The van der Waals surface area contributed by atoms with Gasteiger partial charge >= 0.3 is 0 Å². The SMILES string of the molecule is CC(NC(=O)/C=C/c1ccccc1)C(=O)NCC(c1cccs1)N(C)C. The summed E-state index contributed by atoms with van der Waals surface area (Å²) in [6.45, 7) is 2.17. The summed E-state index contributed by atoms with van der Waals surface area (Å²) in [4.78, 5) is 27.5. The zero-order valence-electron chi connectivity index (χ0n) is 15.3. The number of likely N-dealkylation sites (N-methyl/N-ethyl adjacent to an activating group) is 1. The normalized spacial score (nSPS) is 13.5. The Hall–Kier alpha value is -2.44. The Morgan fingerprint density at radius 2 is 1.88 bits per heavy atom. The molecule has 1 aromatic carbocycles. The monoisotopic (exact) mass is 371 g/mol. The van der Waals surface area contributed by atoms with Gasteiger partial charge < -0.3 is 15.5 Å². The van der Waals surface area contributed by atoms with Crippen LogP contribution in [0.25, 0.3) is 6.08 Å². The predicted octanol–water partition coefficient (Wildman–Crippen LogP) is 2.69. The van der Waals surface area contributed by atoms with E-state index < -0.39 is 6.04 Å². The molecule has 0 aliphatic heterocycles. The van der Waals surface area contributed by atoms with Crippen LogP contribution in [0, 0.1) is 0 Å². The molecule has 0 aliphatic rings. The predicted molar refractivity (Wildman–Crippen MR) is 107 cm³/mol. The zero-order chi connectivity index (χ0) is 18.9. The molecule has 5 nitrogen and oxygen atoms in total. The lowest BCUT2D eigenvalue weighted by Crippen LogP contribution is -2.46. The quantitative estimate of drug-likeness (QED) is 0.702. The third kappa shape index (κ3) is 6.13. The van der Waals surface area contributed by atoms with E-state index in [0.717, 1.165) is 5.56 Å². The molecule has 2 unspecified atom stereocenters. The van der Waals surface area contributed by atoms with E-state index >= 15 is 0 Å². The Labute approximate surface area is 158 Å². The van der Waals surface area contributed by atoms with Gasteiger partial charge in [0.05, 0.1) is 6.04 Å². The molecule has 2 amide bonds. The molecule has 1 heterocycles. The molecule has 0 radical (unpaired) electrons. The topological polar surface area (TPSA) is 61.4 Å². The minimum atomic E-state index is -0.603. The van der Waals surface area contributed by atoms with E-state index in [1.807, 2.05) is 55.9 Å². The lowest BCUT2D eigenvalue weighted by molar-refractivity contribution is -0.126. The number of hydrogen-bond donors (Lipinski definition) is 2. The molecule has 6 heteroatoms. The van der Waals surface area contributed by atoms with Crippen molar-refractivity contribution in [2.75, 3.05) is 20.6 Å². The van der Waals surface area contributed by atoms with Crippen molar-refractivity contribution in [1.29, 1.82) is 0 Å². The van der Waals surface area contributed by atoms with Crippen LogP contribution in [-0.2, 0) is 9.59 Å². The number of rotatable bonds is 8. The van der Waals surface area contributed by atoms with Crippen LogP contribution in [0.1, 0.15) is 23.4 Å². The number of thiophene rings is 1. The number of nitrogens with zero attached hydrogens (tertiary/aromatic N) is 1. The molecule has 2 atom stereocenters. The van der Waals surface area contributed by atoms with E-state index in [1.54, 1.807) is 24.3 Å². The molecule has 0 spiro atoms. The fraction of sp³-hybridized carbons (Fsp3) is 0.300. The summed E-state index contributed by atoms with van der Waals surface area (Å²) in [6.07, 6.45) is 3.16. The van der Waals surface area contributed by atoms with Crippen molar-refractivity contribution < 1.29 is 9.59 Å². The van der Waals surface area contributed by atoms with Crippen molar-refractivity contribution in [1.82, 2.24) is 15.5 Å². The lowest BCUT2D eigenvalue weighted by Gasteiger charge is -2.24. The Morgan fingerprint density at radius 3 is 2.50 bits per heavy atom. The maximum Gasteiger partial charge on any atom is 0.244 e. The molecular weight excluding hydrogens is 346 g/mol. The summed E-state index contributed by atoms with van der Waals surface area (Å²) in [5.74, 6) is -0.492. The molecule has 1 aromatic heterocycles. The highest BCUT2D eigenvalue weighted by atomic mass is 32.1. The fourth-order valence-electron chi connectivity index (χ4n) is 2.43. The molecule has 2 N–H and O–H groups in total. The second-order valence-electron chi connectivity index (χ2n) is 6.21. The van der Waals surface area contributed by atoms with Crippen LogP contribution in [0.4, 0.5) is 0 Å². The zero-order valence-corrected chi connectivity index (χ0v) is 16.1. The third-order valence-corrected chi connectivity index (χ3v) is 4.92. The molecule has 26 heavy (non-hydrogen) atoms. The average Bonchev–Trinajstić information content (AvgIpc) is 3.14. The van der Waals surface area contributed by atoms with E-state index in [1.165, 1.54) is 11.0 Å². The van der Waals surface area contributed by atoms with Crippen LogP contribution < -0.4 is 10.6 Å². The average molecular weight is 372 g/mol. The van der Waals surface area contributed by atoms with Gasteiger partial charge in [0, 0.05) is 17.5 Å². The highest BCUT2D eigenvalue weighted by Crippen LogP contribution is 2.22. The third-order valence-electron chi connectivity index (χ3n) is 3.94. The number of carbonyl (C=O) groups excluding carboxylic acids is 2. The molecule has 2 aromatic rings. The van der Waals surface area contributed by atoms with Gasteiger partial charge in [-0.1, -0.05) is 36.4 Å². The van der Waals surface area contributed by atoms with Crippen LogP contribution in [-0.4, -0.2) is 43.4 Å².